The van der Waals surface area contributed by atoms with Gasteiger partial charge in [-0.2, -0.15) is 0 Å². The van der Waals surface area contributed by atoms with Crippen LogP contribution in [0.25, 0.3) is 0 Å². The van der Waals surface area contributed by atoms with Crippen LogP contribution >= 0.6 is 0 Å². The molecule has 0 N–H and O–H groups in total. The normalized spacial score (nSPS) is 26.6. The Bertz CT molecular complexity index is 1190. The Kier molecular flexibility index (Phi) is 7.86. The van der Waals surface area contributed by atoms with Gasteiger partial charge in [-0.05, 0) is 87.7 Å². The van der Waals surface area contributed by atoms with Crippen LogP contribution in [0.15, 0.2) is 43.0 Å². The third-order valence-corrected chi connectivity index (χ3v) is 9.13. The summed E-state index contributed by atoms with van der Waals surface area (Å²) >= 11 is 0. The summed E-state index contributed by atoms with van der Waals surface area (Å²) in [7, 11) is 0. The number of likely N-dealkylation sites (tertiary alicyclic amines) is 1. The quantitative estimate of drug-likeness (QED) is 0.283. The van der Waals surface area contributed by atoms with Gasteiger partial charge in [0.2, 0.25) is 0 Å². The lowest BCUT2D eigenvalue weighted by Gasteiger charge is -2.43. The van der Waals surface area contributed by atoms with E-state index in [4.69, 9.17) is 0 Å². The highest BCUT2D eigenvalue weighted by atomic mass is 19.3. The van der Waals surface area contributed by atoms with E-state index in [0.29, 0.717) is 17.7 Å². The molecule has 2 saturated heterocycles. The number of hydrogen-bond donors (Lipinski definition) is 0. The zero-order valence-corrected chi connectivity index (χ0v) is 23.5. The summed E-state index contributed by atoms with van der Waals surface area (Å²) in [6.45, 7) is 12.5. The molecule has 3 nitrogen and oxygen atoms in total. The van der Waals surface area contributed by atoms with Crippen LogP contribution in [0.5, 0.6) is 0 Å². The molecule has 3 aliphatic heterocycles. The van der Waals surface area contributed by atoms with Crippen LogP contribution in [0.1, 0.15) is 67.8 Å². The first-order valence-corrected chi connectivity index (χ1v) is 14.3. The Labute approximate surface area is 230 Å². The summed E-state index contributed by atoms with van der Waals surface area (Å²) in [5.41, 5.74) is 3.27. The molecule has 2 fully saturated rings. The summed E-state index contributed by atoms with van der Waals surface area (Å²) in [6, 6.07) is 7.40. The number of nitrogens with zero attached hydrogens (tertiary/aromatic N) is 3. The minimum absolute atomic E-state index is 0.136. The van der Waals surface area contributed by atoms with Crippen molar-refractivity contribution in [3.05, 3.63) is 76.9 Å². The van der Waals surface area contributed by atoms with E-state index in [2.05, 4.69) is 16.4 Å². The predicted molar refractivity (Wildman–Crippen MR) is 150 cm³/mol. The minimum Gasteiger partial charge on any atom is -0.371 e. The topological polar surface area (TPSA) is 9.72 Å². The van der Waals surface area contributed by atoms with Gasteiger partial charge in [0.25, 0.3) is 5.92 Å². The van der Waals surface area contributed by atoms with E-state index >= 15 is 8.78 Å². The standard InChI is InChI=1S/C32H41F4N3/c1-5-12-37-13-6-9-32(10-14-37)11-15-38(21-32)25-18-27(33)29(28(34)19-25)30-26-8-7-22(2)16-24(26)17-23(3)39(30)20-31(4,35)36/h5,7-8,16,18-19,23,30H,1,6,9-15,17,20-21H2,2-4H3/t23-,30?,32?/m1/s1. The highest BCUT2D eigenvalue weighted by Crippen LogP contribution is 2.45. The van der Waals surface area contributed by atoms with Gasteiger partial charge in [-0.3, -0.25) is 9.80 Å². The fourth-order valence-electron chi connectivity index (χ4n) is 7.19. The first kappa shape index (κ1) is 28.2. The minimum atomic E-state index is -2.99. The molecule has 3 atom stereocenters. The molecule has 0 aromatic heterocycles. The van der Waals surface area contributed by atoms with Gasteiger partial charge >= 0.3 is 0 Å². The van der Waals surface area contributed by atoms with Crippen LogP contribution in [0.2, 0.25) is 0 Å². The number of fused-ring (bicyclic) bond motifs is 1. The van der Waals surface area contributed by atoms with Gasteiger partial charge in [0, 0.05) is 43.9 Å². The highest BCUT2D eigenvalue weighted by molar-refractivity contribution is 5.53. The SMILES string of the molecule is C=CCN1CCCC2(CC1)CCN(c1cc(F)c(C3c4ccc(C)cc4C[C@@H](C)N3CC(C)(F)F)c(F)c1)C2. The molecule has 2 aromatic rings. The maximum atomic E-state index is 16.0. The second-order valence-electron chi connectivity index (χ2n) is 12.3. The largest absolute Gasteiger partial charge is 0.371 e. The van der Waals surface area contributed by atoms with Gasteiger partial charge in [0.15, 0.2) is 0 Å². The maximum absolute atomic E-state index is 16.0. The van der Waals surface area contributed by atoms with Gasteiger partial charge in [-0.25, -0.2) is 17.6 Å². The zero-order chi connectivity index (χ0) is 27.9. The highest BCUT2D eigenvalue weighted by Gasteiger charge is 2.42. The molecule has 0 aliphatic carbocycles. The van der Waals surface area contributed by atoms with E-state index < -0.39 is 30.1 Å². The average Bonchev–Trinajstić information content (AvgIpc) is 3.17. The first-order valence-electron chi connectivity index (χ1n) is 14.3. The monoisotopic (exact) mass is 543 g/mol. The Balaban J connectivity index is 1.46. The molecule has 212 valence electrons. The van der Waals surface area contributed by atoms with Crippen LogP contribution in [-0.4, -0.2) is 61.0 Å². The van der Waals surface area contributed by atoms with Crippen molar-refractivity contribution in [1.82, 2.24) is 9.80 Å². The Morgan fingerprint density at radius 1 is 1.05 bits per heavy atom. The van der Waals surface area contributed by atoms with E-state index in [1.54, 1.807) is 4.90 Å². The summed E-state index contributed by atoms with van der Waals surface area (Å²) < 4.78 is 60.6. The van der Waals surface area contributed by atoms with Crippen molar-refractivity contribution in [2.24, 2.45) is 5.41 Å². The molecule has 5 rings (SSSR count). The van der Waals surface area contributed by atoms with Crippen LogP contribution < -0.4 is 4.90 Å². The molecular weight excluding hydrogens is 502 g/mol. The molecule has 0 bridgehead atoms. The van der Waals surface area contributed by atoms with Crippen LogP contribution in [0, 0.1) is 24.0 Å². The lowest BCUT2D eigenvalue weighted by molar-refractivity contribution is -0.0371. The first-order chi connectivity index (χ1) is 18.5. The zero-order valence-electron chi connectivity index (χ0n) is 23.5. The third kappa shape index (κ3) is 5.90. The van der Waals surface area contributed by atoms with E-state index in [1.807, 2.05) is 38.1 Å². The molecule has 1 spiro atoms. The van der Waals surface area contributed by atoms with Gasteiger partial charge in [0.05, 0.1) is 12.6 Å². The van der Waals surface area contributed by atoms with E-state index in [0.717, 1.165) is 76.5 Å². The number of rotatable bonds is 6. The fourth-order valence-corrected chi connectivity index (χ4v) is 7.19. The van der Waals surface area contributed by atoms with Crippen LogP contribution in [-0.2, 0) is 6.42 Å². The van der Waals surface area contributed by atoms with Crippen molar-refractivity contribution >= 4 is 5.69 Å². The summed E-state index contributed by atoms with van der Waals surface area (Å²) in [4.78, 5) is 6.11. The second kappa shape index (κ2) is 10.9. The smallest absolute Gasteiger partial charge is 0.257 e. The predicted octanol–water partition coefficient (Wildman–Crippen LogP) is 7.13. The number of anilines is 1. The van der Waals surface area contributed by atoms with Crippen molar-refractivity contribution in [3.63, 3.8) is 0 Å². The van der Waals surface area contributed by atoms with E-state index in [-0.39, 0.29) is 17.0 Å². The average molecular weight is 544 g/mol. The summed E-state index contributed by atoms with van der Waals surface area (Å²) in [5.74, 6) is -4.33. The van der Waals surface area contributed by atoms with Gasteiger partial charge < -0.3 is 4.90 Å². The molecule has 39 heavy (non-hydrogen) atoms. The molecule has 0 amide bonds. The van der Waals surface area contributed by atoms with E-state index in [1.165, 1.54) is 12.1 Å². The molecule has 2 unspecified atom stereocenters. The molecule has 0 radical (unpaired) electrons. The van der Waals surface area contributed by atoms with Crippen molar-refractivity contribution in [2.45, 2.75) is 70.9 Å². The molecule has 7 heteroatoms. The Morgan fingerprint density at radius 3 is 2.46 bits per heavy atom. The number of aryl methyl sites for hydroxylation is 1. The molecule has 3 heterocycles. The third-order valence-electron chi connectivity index (χ3n) is 9.13. The number of halogens is 4. The van der Waals surface area contributed by atoms with Crippen molar-refractivity contribution in [2.75, 3.05) is 44.2 Å². The molecule has 0 saturated carbocycles. The summed E-state index contributed by atoms with van der Waals surface area (Å²) in [6.07, 6.45) is 6.80. The second-order valence-corrected chi connectivity index (χ2v) is 12.3. The number of benzene rings is 2. The molecular formula is C32H41F4N3. The maximum Gasteiger partial charge on any atom is 0.257 e. The van der Waals surface area contributed by atoms with Crippen molar-refractivity contribution in [3.8, 4) is 0 Å². The van der Waals surface area contributed by atoms with Gasteiger partial charge in [-0.15, -0.1) is 6.58 Å². The molecule has 2 aromatic carbocycles. The number of alkyl halides is 2. The van der Waals surface area contributed by atoms with Crippen molar-refractivity contribution < 1.29 is 17.6 Å². The number of hydrogen-bond acceptors (Lipinski definition) is 3. The Hall–Kier alpha value is -2.38. The Morgan fingerprint density at radius 2 is 1.77 bits per heavy atom. The van der Waals surface area contributed by atoms with Crippen LogP contribution in [0.3, 0.4) is 0 Å². The molecule has 3 aliphatic rings. The lowest BCUT2D eigenvalue weighted by Crippen LogP contribution is -2.48. The van der Waals surface area contributed by atoms with Gasteiger partial charge in [-0.1, -0.05) is 29.8 Å². The fraction of sp³-hybridized carbons (Fsp3) is 0.562. The van der Waals surface area contributed by atoms with Crippen LogP contribution in [0.4, 0.5) is 23.2 Å². The van der Waals surface area contributed by atoms with E-state index in [9.17, 15) is 8.78 Å². The lowest BCUT2D eigenvalue weighted by atomic mass is 9.80. The summed E-state index contributed by atoms with van der Waals surface area (Å²) in [5, 5.41) is 0. The van der Waals surface area contributed by atoms with Gasteiger partial charge in [0.1, 0.15) is 11.6 Å². The van der Waals surface area contributed by atoms with Crippen molar-refractivity contribution in [1.29, 1.82) is 0 Å².